The summed E-state index contributed by atoms with van der Waals surface area (Å²) < 4.78 is 26.4. The molecule has 1 spiro atoms. The molecule has 7 heteroatoms. The second-order valence-corrected chi connectivity index (χ2v) is 10.3. The molecule has 2 aliphatic heterocycles. The first kappa shape index (κ1) is 21.0. The van der Waals surface area contributed by atoms with E-state index in [0.717, 1.165) is 16.7 Å². The molecule has 2 aromatic carbocycles. The van der Waals surface area contributed by atoms with E-state index in [2.05, 4.69) is 25.1 Å². The van der Waals surface area contributed by atoms with Crippen molar-refractivity contribution < 1.29 is 18.3 Å². The van der Waals surface area contributed by atoms with Gasteiger partial charge in [0.05, 0.1) is 24.4 Å². The van der Waals surface area contributed by atoms with Gasteiger partial charge in [0.25, 0.3) is 0 Å². The van der Waals surface area contributed by atoms with Crippen LogP contribution in [0.15, 0.2) is 48.5 Å². The smallest absolute Gasteiger partial charge is 0.222 e. The number of rotatable bonds is 5. The van der Waals surface area contributed by atoms with Crippen molar-refractivity contribution in [1.82, 2.24) is 9.21 Å². The van der Waals surface area contributed by atoms with E-state index in [0.29, 0.717) is 19.5 Å². The van der Waals surface area contributed by atoms with Crippen molar-refractivity contribution in [2.45, 2.75) is 37.8 Å². The molecule has 0 bridgehead atoms. The zero-order valence-corrected chi connectivity index (χ0v) is 18.4. The quantitative estimate of drug-likeness (QED) is 0.793. The Morgan fingerprint density at radius 3 is 2.33 bits per heavy atom. The average molecular weight is 429 g/mol. The first-order valence-corrected chi connectivity index (χ1v) is 12.1. The third-order valence-corrected chi connectivity index (χ3v) is 7.80. The Bertz CT molecular complexity index is 1060. The van der Waals surface area contributed by atoms with Crippen molar-refractivity contribution in [3.63, 3.8) is 0 Å². The maximum atomic E-state index is 12.5. The fourth-order valence-electron chi connectivity index (χ4n) is 5.23. The largest absolute Gasteiger partial charge is 0.395 e. The Hall–Kier alpha value is -2.22. The van der Waals surface area contributed by atoms with Gasteiger partial charge in [-0.05, 0) is 23.6 Å². The van der Waals surface area contributed by atoms with E-state index in [4.69, 9.17) is 0 Å². The maximum Gasteiger partial charge on any atom is 0.222 e. The van der Waals surface area contributed by atoms with Crippen LogP contribution in [0.4, 0.5) is 0 Å². The lowest BCUT2D eigenvalue weighted by Gasteiger charge is -2.69. The summed E-state index contributed by atoms with van der Waals surface area (Å²) in [5.41, 5.74) is 3.73. The normalized spacial score (nSPS) is 23.1. The highest BCUT2D eigenvalue weighted by atomic mass is 32.2. The standard InChI is InChI=1S/C23H28N2O4S/c1-4-21(27)24-14-23(15-24)22(20(13-26)25(23)30(3,28)29)18-10-8-17(9-11-18)19-7-5-6-16(2)12-19/h5-12,20,22,26H,4,13-15H2,1-3H3/t20-,22-/m0/s1. The zero-order chi connectivity index (χ0) is 21.7. The minimum atomic E-state index is -3.51. The molecule has 0 radical (unpaired) electrons. The van der Waals surface area contributed by atoms with E-state index in [1.165, 1.54) is 16.1 Å². The van der Waals surface area contributed by atoms with Crippen LogP contribution in [-0.2, 0) is 14.8 Å². The van der Waals surface area contributed by atoms with E-state index >= 15 is 0 Å². The zero-order valence-electron chi connectivity index (χ0n) is 17.6. The van der Waals surface area contributed by atoms with Gasteiger partial charge in [-0.3, -0.25) is 4.79 Å². The Kier molecular flexibility index (Phi) is 5.24. The van der Waals surface area contributed by atoms with E-state index in [9.17, 15) is 18.3 Å². The highest BCUT2D eigenvalue weighted by molar-refractivity contribution is 7.88. The molecule has 6 nitrogen and oxygen atoms in total. The first-order valence-electron chi connectivity index (χ1n) is 10.3. The van der Waals surface area contributed by atoms with Crippen molar-refractivity contribution in [2.24, 2.45) is 0 Å². The second-order valence-electron chi connectivity index (χ2n) is 8.48. The van der Waals surface area contributed by atoms with Crippen LogP contribution in [0.25, 0.3) is 11.1 Å². The summed E-state index contributed by atoms with van der Waals surface area (Å²) in [7, 11) is -3.51. The van der Waals surface area contributed by atoms with Crippen LogP contribution >= 0.6 is 0 Å². The van der Waals surface area contributed by atoms with Gasteiger partial charge in [-0.25, -0.2) is 8.42 Å². The van der Waals surface area contributed by atoms with Crippen LogP contribution in [0.2, 0.25) is 0 Å². The highest BCUT2D eigenvalue weighted by Crippen LogP contribution is 2.55. The number of hydrogen-bond acceptors (Lipinski definition) is 4. The van der Waals surface area contributed by atoms with Gasteiger partial charge in [0.15, 0.2) is 0 Å². The minimum Gasteiger partial charge on any atom is -0.395 e. The van der Waals surface area contributed by atoms with Gasteiger partial charge >= 0.3 is 0 Å². The number of carbonyl (C=O) groups excluding carboxylic acids is 1. The summed E-state index contributed by atoms with van der Waals surface area (Å²) in [6.45, 7) is 4.35. The average Bonchev–Trinajstić information content (AvgIpc) is 2.65. The van der Waals surface area contributed by atoms with E-state index in [1.807, 2.05) is 30.3 Å². The summed E-state index contributed by atoms with van der Waals surface area (Å²) in [6, 6.07) is 15.9. The van der Waals surface area contributed by atoms with E-state index < -0.39 is 21.6 Å². The lowest BCUT2D eigenvalue weighted by Crippen LogP contribution is -2.85. The van der Waals surface area contributed by atoms with Crippen molar-refractivity contribution in [2.75, 3.05) is 26.0 Å². The third kappa shape index (κ3) is 3.25. The molecule has 160 valence electrons. The minimum absolute atomic E-state index is 0.0232. The predicted octanol–water partition coefficient (Wildman–Crippen LogP) is 2.37. The molecular weight excluding hydrogens is 400 g/mol. The Morgan fingerprint density at radius 1 is 1.13 bits per heavy atom. The SMILES string of the molecule is CCC(=O)N1CC2(C1)[C@@H](c1ccc(-c3cccc(C)c3)cc1)[C@H](CO)N2S(C)(=O)=O. The number of hydrogen-bond donors (Lipinski definition) is 1. The molecule has 1 amide bonds. The number of amides is 1. The van der Waals surface area contributed by atoms with E-state index in [-0.39, 0.29) is 18.4 Å². The summed E-state index contributed by atoms with van der Waals surface area (Å²) in [5.74, 6) is -0.125. The Balaban J connectivity index is 1.67. The highest BCUT2D eigenvalue weighted by Gasteiger charge is 2.69. The molecule has 0 aliphatic carbocycles. The topological polar surface area (TPSA) is 77.9 Å². The lowest BCUT2D eigenvalue weighted by molar-refractivity contribution is -0.167. The molecule has 2 aromatic rings. The number of nitrogens with zero attached hydrogens (tertiary/aromatic N) is 2. The molecule has 0 unspecified atom stereocenters. The number of aliphatic hydroxyl groups excluding tert-OH is 1. The third-order valence-electron chi connectivity index (χ3n) is 6.45. The molecule has 0 aromatic heterocycles. The van der Waals surface area contributed by atoms with Crippen LogP contribution < -0.4 is 0 Å². The van der Waals surface area contributed by atoms with Crippen molar-refractivity contribution >= 4 is 15.9 Å². The lowest BCUT2D eigenvalue weighted by atomic mass is 9.62. The molecule has 30 heavy (non-hydrogen) atoms. The van der Waals surface area contributed by atoms with Gasteiger partial charge in [-0.2, -0.15) is 4.31 Å². The van der Waals surface area contributed by atoms with Crippen molar-refractivity contribution in [3.8, 4) is 11.1 Å². The van der Waals surface area contributed by atoms with Crippen molar-refractivity contribution in [3.05, 3.63) is 59.7 Å². The summed E-state index contributed by atoms with van der Waals surface area (Å²) in [6.07, 6.45) is 1.58. The molecule has 2 heterocycles. The predicted molar refractivity (Wildman–Crippen MR) is 117 cm³/mol. The molecule has 2 atom stereocenters. The number of likely N-dealkylation sites (tertiary alicyclic amines) is 1. The molecule has 2 saturated heterocycles. The first-order chi connectivity index (χ1) is 14.2. The van der Waals surface area contributed by atoms with Crippen LogP contribution in [-0.4, -0.2) is 66.2 Å². The number of aliphatic hydroxyl groups is 1. The number of aryl methyl sites for hydroxylation is 1. The Morgan fingerprint density at radius 2 is 1.80 bits per heavy atom. The summed E-state index contributed by atoms with van der Waals surface area (Å²) in [4.78, 5) is 13.8. The van der Waals surface area contributed by atoms with Gasteiger partial charge in [0.1, 0.15) is 0 Å². The molecule has 0 saturated carbocycles. The number of carbonyl (C=O) groups is 1. The summed E-state index contributed by atoms with van der Waals surface area (Å²) >= 11 is 0. The van der Waals surface area contributed by atoms with Crippen LogP contribution in [0, 0.1) is 6.92 Å². The fraction of sp³-hybridized carbons (Fsp3) is 0.435. The monoisotopic (exact) mass is 428 g/mol. The maximum absolute atomic E-state index is 12.5. The molecule has 1 N–H and O–H groups in total. The molecule has 2 fully saturated rings. The van der Waals surface area contributed by atoms with Crippen LogP contribution in [0.1, 0.15) is 30.4 Å². The molecular formula is C23H28N2O4S. The van der Waals surface area contributed by atoms with Crippen molar-refractivity contribution in [1.29, 1.82) is 0 Å². The van der Waals surface area contributed by atoms with Crippen LogP contribution in [0.3, 0.4) is 0 Å². The molecule has 2 aliphatic rings. The number of sulfonamides is 1. The Labute approximate surface area is 178 Å². The number of benzene rings is 2. The van der Waals surface area contributed by atoms with Gasteiger partial charge in [-0.15, -0.1) is 0 Å². The van der Waals surface area contributed by atoms with Gasteiger partial charge in [0, 0.05) is 25.4 Å². The van der Waals surface area contributed by atoms with E-state index in [1.54, 1.807) is 11.8 Å². The second kappa shape index (κ2) is 7.48. The van der Waals surface area contributed by atoms with Gasteiger partial charge < -0.3 is 10.0 Å². The van der Waals surface area contributed by atoms with Crippen LogP contribution in [0.5, 0.6) is 0 Å². The summed E-state index contributed by atoms with van der Waals surface area (Å²) in [5, 5.41) is 10.0. The fourth-order valence-corrected chi connectivity index (χ4v) is 6.79. The van der Waals surface area contributed by atoms with Gasteiger partial charge in [-0.1, -0.05) is 61.0 Å². The van der Waals surface area contributed by atoms with Gasteiger partial charge in [0.2, 0.25) is 15.9 Å². The molecule has 4 rings (SSSR count).